The van der Waals surface area contributed by atoms with E-state index in [4.69, 9.17) is 10.5 Å². The van der Waals surface area contributed by atoms with Gasteiger partial charge in [-0.2, -0.15) is 17.6 Å². The Labute approximate surface area is 209 Å². The topological polar surface area (TPSA) is 117 Å². The van der Waals surface area contributed by atoms with E-state index in [0.29, 0.717) is 19.0 Å². The Kier molecular flexibility index (Phi) is 8.09. The minimum atomic E-state index is -4.70. The summed E-state index contributed by atoms with van der Waals surface area (Å²) in [5, 5.41) is 13.3. The number of primary amides is 1. The van der Waals surface area contributed by atoms with Crippen LogP contribution in [0.4, 0.5) is 33.6 Å². The number of hydrogen-bond acceptors (Lipinski definition) is 8. The Hall–Kier alpha value is -3.10. The van der Waals surface area contributed by atoms with Crippen molar-refractivity contribution in [3.63, 3.8) is 0 Å². The molecule has 0 radical (unpaired) electrons. The van der Waals surface area contributed by atoms with Crippen LogP contribution < -0.4 is 16.0 Å². The Morgan fingerprint density at radius 1 is 1.24 bits per heavy atom. The molecule has 14 heteroatoms. The van der Waals surface area contributed by atoms with Crippen molar-refractivity contribution in [1.82, 2.24) is 14.9 Å². The lowest BCUT2D eigenvalue weighted by Crippen LogP contribution is -2.48. The van der Waals surface area contributed by atoms with E-state index < -0.39 is 41.4 Å². The maximum atomic E-state index is 15.5. The number of benzene rings is 1. The number of ether oxygens (including phenoxy) is 1. The minimum Gasteiger partial charge on any atom is -0.391 e. The van der Waals surface area contributed by atoms with E-state index in [1.807, 2.05) is 0 Å². The molecule has 0 spiro atoms. The number of nitrogens with one attached hydrogen (secondary N) is 1. The van der Waals surface area contributed by atoms with Gasteiger partial charge in [-0.05, 0) is 25.1 Å². The van der Waals surface area contributed by atoms with E-state index in [1.54, 1.807) is 4.90 Å². The molecule has 2 aliphatic rings. The van der Waals surface area contributed by atoms with Gasteiger partial charge in [-0.3, -0.25) is 9.69 Å². The standard InChI is InChI=1S/C23H27F5N6O3/c24-16-7-14(23(26,27)28)1-2-15(16)17-11-37-6-5-34(17)22-20(25)21(31-12-32-22)30-8-13-3-4-33(9-18(13)35)10-19(29)36/h1-2,7,12-13,17-18,35H,3-6,8-11H2,(H2,29,36)(H,30,31,32)/t13-,17-,18+/m1/s1. The van der Waals surface area contributed by atoms with Crippen LogP contribution in [0.1, 0.15) is 23.6 Å². The monoisotopic (exact) mass is 530 g/mol. The molecule has 4 rings (SSSR count). The summed E-state index contributed by atoms with van der Waals surface area (Å²) in [6, 6.07) is 1.29. The average Bonchev–Trinajstić information content (AvgIpc) is 2.83. The van der Waals surface area contributed by atoms with E-state index in [1.165, 1.54) is 4.90 Å². The first kappa shape index (κ1) is 26.9. The number of halogens is 5. The number of carbonyl (C=O) groups is 1. The number of carbonyl (C=O) groups excluding carboxylic acids is 1. The van der Waals surface area contributed by atoms with Gasteiger partial charge >= 0.3 is 6.18 Å². The van der Waals surface area contributed by atoms with Gasteiger partial charge in [-0.1, -0.05) is 6.07 Å². The van der Waals surface area contributed by atoms with Crippen molar-refractivity contribution in [2.45, 2.75) is 24.7 Å². The zero-order valence-corrected chi connectivity index (χ0v) is 19.7. The van der Waals surface area contributed by atoms with Crippen LogP contribution in [0.2, 0.25) is 0 Å². The highest BCUT2D eigenvalue weighted by Gasteiger charge is 2.35. The quantitative estimate of drug-likeness (QED) is 0.465. The normalized spacial score (nSPS) is 23.2. The number of hydrogen-bond donors (Lipinski definition) is 3. The number of alkyl halides is 3. The molecular weight excluding hydrogens is 503 g/mol. The Balaban J connectivity index is 1.49. The van der Waals surface area contributed by atoms with Crippen LogP contribution in [0.15, 0.2) is 24.5 Å². The van der Waals surface area contributed by atoms with Gasteiger partial charge in [-0.15, -0.1) is 0 Å². The molecule has 9 nitrogen and oxygen atoms in total. The van der Waals surface area contributed by atoms with Gasteiger partial charge in [0.05, 0.1) is 37.5 Å². The van der Waals surface area contributed by atoms with Crippen molar-refractivity contribution >= 4 is 17.5 Å². The molecule has 37 heavy (non-hydrogen) atoms. The molecule has 3 heterocycles. The van der Waals surface area contributed by atoms with Crippen LogP contribution in [0.3, 0.4) is 0 Å². The number of β-amino-alcohol motifs (C(OH)–C–C–N with tert-alkyl or cyclic N) is 1. The second-order valence-electron chi connectivity index (χ2n) is 9.08. The fraction of sp³-hybridized carbons (Fsp3) is 0.522. The molecule has 4 N–H and O–H groups in total. The fourth-order valence-corrected chi connectivity index (χ4v) is 4.65. The van der Waals surface area contributed by atoms with Crippen molar-refractivity contribution in [3.05, 3.63) is 47.3 Å². The molecule has 2 aromatic rings. The van der Waals surface area contributed by atoms with Gasteiger partial charge in [0, 0.05) is 31.1 Å². The van der Waals surface area contributed by atoms with Crippen LogP contribution >= 0.6 is 0 Å². The molecule has 2 aliphatic heterocycles. The van der Waals surface area contributed by atoms with Gasteiger partial charge in [0.2, 0.25) is 11.7 Å². The first-order chi connectivity index (χ1) is 17.5. The smallest absolute Gasteiger partial charge is 0.391 e. The zero-order chi connectivity index (χ0) is 26.7. The van der Waals surface area contributed by atoms with Gasteiger partial charge in [0.25, 0.3) is 0 Å². The van der Waals surface area contributed by atoms with Gasteiger partial charge in [-0.25, -0.2) is 14.4 Å². The van der Waals surface area contributed by atoms with Crippen molar-refractivity contribution in [1.29, 1.82) is 0 Å². The lowest BCUT2D eigenvalue weighted by molar-refractivity contribution is -0.137. The van der Waals surface area contributed by atoms with E-state index in [9.17, 15) is 27.5 Å². The maximum absolute atomic E-state index is 15.5. The Morgan fingerprint density at radius 2 is 2.03 bits per heavy atom. The SMILES string of the molecule is NC(=O)CN1CC[C@H](CNc2ncnc(N3CCOC[C@@H]3c3ccc(C(F)(F)F)cc3F)c2F)[C@@H](O)C1. The van der Waals surface area contributed by atoms with E-state index in [0.717, 1.165) is 18.5 Å². The lowest BCUT2D eigenvalue weighted by atomic mass is 9.93. The number of aromatic nitrogens is 2. The highest BCUT2D eigenvalue weighted by Crippen LogP contribution is 2.36. The summed E-state index contributed by atoms with van der Waals surface area (Å²) in [6.45, 7) is 1.25. The Morgan fingerprint density at radius 3 is 2.70 bits per heavy atom. The average molecular weight is 530 g/mol. The van der Waals surface area contributed by atoms with Gasteiger partial charge in [0.1, 0.15) is 12.1 Å². The fourth-order valence-electron chi connectivity index (χ4n) is 4.65. The number of nitrogens with two attached hydrogens (primary N) is 1. The summed E-state index contributed by atoms with van der Waals surface area (Å²) in [6.07, 6.45) is -3.80. The molecule has 2 saturated heterocycles. The minimum absolute atomic E-state index is 0.0430. The molecule has 2 fully saturated rings. The van der Waals surface area contributed by atoms with Crippen molar-refractivity contribution < 1.29 is 36.6 Å². The highest BCUT2D eigenvalue weighted by atomic mass is 19.4. The third-order valence-electron chi connectivity index (χ3n) is 6.58. The van der Waals surface area contributed by atoms with Crippen LogP contribution in [0, 0.1) is 17.6 Å². The predicted octanol–water partition coefficient (Wildman–Crippen LogP) is 1.93. The molecule has 3 atom stereocenters. The van der Waals surface area contributed by atoms with E-state index >= 15 is 4.39 Å². The third-order valence-corrected chi connectivity index (χ3v) is 6.58. The van der Waals surface area contributed by atoms with Crippen molar-refractivity contribution in [2.24, 2.45) is 11.7 Å². The molecular formula is C23H27F5N6O3. The molecule has 0 unspecified atom stereocenters. The number of aliphatic hydroxyl groups is 1. The van der Waals surface area contributed by atoms with Crippen LogP contribution in [0.5, 0.6) is 0 Å². The number of piperidine rings is 1. The number of morpholine rings is 1. The van der Waals surface area contributed by atoms with E-state index in [-0.39, 0.29) is 62.5 Å². The largest absolute Gasteiger partial charge is 0.416 e. The zero-order valence-electron chi connectivity index (χ0n) is 19.7. The lowest BCUT2D eigenvalue weighted by Gasteiger charge is -2.37. The van der Waals surface area contributed by atoms with Gasteiger partial charge < -0.3 is 25.8 Å². The second-order valence-corrected chi connectivity index (χ2v) is 9.08. The van der Waals surface area contributed by atoms with Crippen molar-refractivity contribution in [2.75, 3.05) is 56.2 Å². The van der Waals surface area contributed by atoms with Crippen LogP contribution in [-0.4, -0.2) is 77.9 Å². The molecule has 0 bridgehead atoms. The van der Waals surface area contributed by atoms with Crippen LogP contribution in [-0.2, 0) is 15.7 Å². The number of aliphatic hydroxyl groups excluding tert-OH is 1. The van der Waals surface area contributed by atoms with E-state index in [2.05, 4.69) is 15.3 Å². The molecule has 0 saturated carbocycles. The molecule has 202 valence electrons. The molecule has 1 aromatic heterocycles. The summed E-state index contributed by atoms with van der Waals surface area (Å²) >= 11 is 0. The summed E-state index contributed by atoms with van der Waals surface area (Å²) in [5.41, 5.74) is 4.00. The third kappa shape index (κ3) is 6.25. The summed E-state index contributed by atoms with van der Waals surface area (Å²) in [5.74, 6) is -2.91. The number of anilines is 2. The number of nitrogens with zero attached hydrogens (tertiary/aromatic N) is 4. The summed E-state index contributed by atoms with van der Waals surface area (Å²) in [4.78, 5) is 22.2. The summed E-state index contributed by atoms with van der Waals surface area (Å²) < 4.78 is 74.5. The van der Waals surface area contributed by atoms with Crippen molar-refractivity contribution in [3.8, 4) is 0 Å². The molecule has 0 aliphatic carbocycles. The number of rotatable bonds is 7. The summed E-state index contributed by atoms with van der Waals surface area (Å²) in [7, 11) is 0. The first-order valence-electron chi connectivity index (χ1n) is 11.7. The first-order valence-corrected chi connectivity index (χ1v) is 11.7. The number of amides is 1. The second kappa shape index (κ2) is 11.1. The predicted molar refractivity (Wildman–Crippen MR) is 123 cm³/mol. The number of likely N-dealkylation sites (tertiary alicyclic amines) is 1. The Bertz CT molecular complexity index is 1120. The highest BCUT2D eigenvalue weighted by molar-refractivity contribution is 5.75. The maximum Gasteiger partial charge on any atom is 0.416 e. The molecule has 1 aromatic carbocycles. The van der Waals surface area contributed by atoms with Crippen LogP contribution in [0.25, 0.3) is 0 Å². The molecule has 1 amide bonds. The van der Waals surface area contributed by atoms with Gasteiger partial charge in [0.15, 0.2) is 11.6 Å².